The van der Waals surface area contributed by atoms with Crippen LogP contribution < -0.4 is 4.74 Å². The van der Waals surface area contributed by atoms with Gasteiger partial charge in [-0.2, -0.15) is 5.26 Å². The van der Waals surface area contributed by atoms with Crippen LogP contribution in [-0.2, 0) is 0 Å². The van der Waals surface area contributed by atoms with Gasteiger partial charge in [-0.1, -0.05) is 12.1 Å². The van der Waals surface area contributed by atoms with E-state index in [1.807, 2.05) is 12.1 Å². The molecular weight excluding hydrogens is 228 g/mol. The second-order valence-corrected chi connectivity index (χ2v) is 4.42. The van der Waals surface area contributed by atoms with Crippen molar-refractivity contribution in [2.24, 2.45) is 5.92 Å². The lowest BCUT2D eigenvalue weighted by Gasteiger charge is -2.30. The van der Waals surface area contributed by atoms with E-state index in [0.29, 0.717) is 17.9 Å². The first-order valence-corrected chi connectivity index (χ1v) is 6.08. The number of piperidine rings is 1. The molecule has 0 aromatic heterocycles. The van der Waals surface area contributed by atoms with Crippen LogP contribution in [0.4, 0.5) is 0 Å². The summed E-state index contributed by atoms with van der Waals surface area (Å²) in [4.78, 5) is 14.1. The number of rotatable bonds is 2. The highest BCUT2D eigenvalue weighted by atomic mass is 16.5. The third-order valence-electron chi connectivity index (χ3n) is 3.23. The lowest BCUT2D eigenvalue weighted by molar-refractivity contribution is 0.0695. The zero-order chi connectivity index (χ0) is 13.0. The number of hydrogen-bond acceptors (Lipinski definition) is 3. The van der Waals surface area contributed by atoms with E-state index in [1.165, 1.54) is 0 Å². The summed E-state index contributed by atoms with van der Waals surface area (Å²) < 4.78 is 5.20. The van der Waals surface area contributed by atoms with Gasteiger partial charge in [-0.25, -0.2) is 0 Å². The molecule has 94 valence electrons. The molecule has 0 spiro atoms. The van der Waals surface area contributed by atoms with Gasteiger partial charge in [0.25, 0.3) is 5.91 Å². The molecule has 1 amide bonds. The molecule has 18 heavy (non-hydrogen) atoms. The number of nitriles is 1. The van der Waals surface area contributed by atoms with E-state index in [2.05, 4.69) is 6.07 Å². The second-order valence-electron chi connectivity index (χ2n) is 4.42. The number of carbonyl (C=O) groups excluding carboxylic acids is 1. The molecule has 4 nitrogen and oxygen atoms in total. The highest BCUT2D eigenvalue weighted by Crippen LogP contribution is 2.23. The Bertz CT molecular complexity index is 479. The molecule has 2 rings (SSSR count). The van der Waals surface area contributed by atoms with Crippen molar-refractivity contribution in [3.05, 3.63) is 29.8 Å². The zero-order valence-corrected chi connectivity index (χ0v) is 10.4. The molecule has 0 radical (unpaired) electrons. The van der Waals surface area contributed by atoms with Gasteiger partial charge in [0.15, 0.2) is 0 Å². The van der Waals surface area contributed by atoms with Gasteiger partial charge in [-0.15, -0.1) is 0 Å². The van der Waals surface area contributed by atoms with Crippen molar-refractivity contribution < 1.29 is 9.53 Å². The van der Waals surface area contributed by atoms with E-state index in [-0.39, 0.29) is 11.8 Å². The number of carbonyl (C=O) groups is 1. The largest absolute Gasteiger partial charge is 0.496 e. The van der Waals surface area contributed by atoms with E-state index >= 15 is 0 Å². The van der Waals surface area contributed by atoms with E-state index in [1.54, 1.807) is 24.1 Å². The predicted molar refractivity (Wildman–Crippen MR) is 67.2 cm³/mol. The number of hydrogen-bond donors (Lipinski definition) is 0. The van der Waals surface area contributed by atoms with Gasteiger partial charge in [-0.05, 0) is 25.0 Å². The summed E-state index contributed by atoms with van der Waals surface area (Å²) in [6, 6.07) is 9.44. The van der Waals surface area contributed by atoms with E-state index in [0.717, 1.165) is 19.4 Å². The number of nitrogens with zero attached hydrogens (tertiary/aromatic N) is 2. The van der Waals surface area contributed by atoms with Gasteiger partial charge in [0.1, 0.15) is 5.75 Å². The molecule has 0 N–H and O–H groups in total. The maximum Gasteiger partial charge on any atom is 0.257 e. The van der Waals surface area contributed by atoms with Crippen LogP contribution in [0.15, 0.2) is 24.3 Å². The standard InChI is InChI=1S/C14H16N2O2/c1-18-13-7-3-2-6-12(13)14(17)16-8-4-5-11(9-15)10-16/h2-3,6-7,11H,4-5,8,10H2,1H3. The molecule has 0 saturated carbocycles. The molecule has 1 aliphatic rings. The minimum absolute atomic E-state index is 0.0441. The molecule has 0 bridgehead atoms. The van der Waals surface area contributed by atoms with Gasteiger partial charge in [0, 0.05) is 13.1 Å². The van der Waals surface area contributed by atoms with Crippen molar-refractivity contribution in [2.75, 3.05) is 20.2 Å². The molecule has 0 aliphatic carbocycles. The quantitative estimate of drug-likeness (QED) is 0.800. The first-order chi connectivity index (χ1) is 8.76. The summed E-state index contributed by atoms with van der Waals surface area (Å²) >= 11 is 0. The van der Waals surface area contributed by atoms with Crippen LogP contribution in [0.25, 0.3) is 0 Å². The van der Waals surface area contributed by atoms with Gasteiger partial charge >= 0.3 is 0 Å². The molecule has 1 unspecified atom stereocenters. The summed E-state index contributed by atoms with van der Waals surface area (Å²) in [7, 11) is 1.56. The van der Waals surface area contributed by atoms with Crippen LogP contribution in [0.3, 0.4) is 0 Å². The van der Waals surface area contributed by atoms with E-state index in [4.69, 9.17) is 10.00 Å². The van der Waals surface area contributed by atoms with Crippen molar-refractivity contribution >= 4 is 5.91 Å². The summed E-state index contributed by atoms with van der Waals surface area (Å²) in [5.41, 5.74) is 0.568. The Balaban J connectivity index is 2.18. The van der Waals surface area contributed by atoms with E-state index < -0.39 is 0 Å². The van der Waals surface area contributed by atoms with Gasteiger partial charge in [-0.3, -0.25) is 4.79 Å². The molecule has 1 aromatic carbocycles. The number of amides is 1. The summed E-state index contributed by atoms with van der Waals surface area (Å²) in [5, 5.41) is 8.95. The Labute approximate surface area is 107 Å². The Kier molecular flexibility index (Phi) is 3.83. The highest BCUT2D eigenvalue weighted by molar-refractivity contribution is 5.97. The molecular formula is C14H16N2O2. The van der Waals surface area contributed by atoms with E-state index in [9.17, 15) is 4.79 Å². The van der Waals surface area contributed by atoms with Gasteiger partial charge in [0.05, 0.1) is 24.7 Å². The average molecular weight is 244 g/mol. The topological polar surface area (TPSA) is 53.3 Å². The van der Waals surface area contributed by atoms with Crippen LogP contribution in [-0.4, -0.2) is 31.0 Å². The number of methoxy groups -OCH3 is 1. The number of likely N-dealkylation sites (tertiary alicyclic amines) is 1. The van der Waals surface area contributed by atoms with Crippen LogP contribution in [0, 0.1) is 17.2 Å². The van der Waals surface area contributed by atoms with Crippen LogP contribution >= 0.6 is 0 Å². The van der Waals surface area contributed by atoms with Crippen molar-refractivity contribution in [2.45, 2.75) is 12.8 Å². The molecule has 1 saturated heterocycles. The monoisotopic (exact) mass is 244 g/mol. The average Bonchev–Trinajstić information content (AvgIpc) is 2.46. The maximum absolute atomic E-state index is 12.4. The second kappa shape index (κ2) is 5.54. The van der Waals surface area contributed by atoms with Gasteiger partial charge < -0.3 is 9.64 Å². The maximum atomic E-state index is 12.4. The molecule has 1 atom stereocenters. The number of para-hydroxylation sites is 1. The predicted octanol–water partition coefficient (Wildman–Crippen LogP) is 2.07. The fourth-order valence-corrected chi connectivity index (χ4v) is 2.26. The molecule has 1 aromatic rings. The summed E-state index contributed by atoms with van der Waals surface area (Å²) in [6.07, 6.45) is 1.77. The Morgan fingerprint density at radius 3 is 3.00 bits per heavy atom. The Hall–Kier alpha value is -2.02. The first kappa shape index (κ1) is 12.4. The molecule has 1 fully saturated rings. The normalized spacial score (nSPS) is 19.1. The summed E-state index contributed by atoms with van der Waals surface area (Å²) in [5.74, 6) is 0.492. The van der Waals surface area contributed by atoms with Crippen molar-refractivity contribution in [3.8, 4) is 11.8 Å². The zero-order valence-electron chi connectivity index (χ0n) is 10.4. The molecule has 1 heterocycles. The fourth-order valence-electron chi connectivity index (χ4n) is 2.26. The molecule has 4 heteroatoms. The number of ether oxygens (including phenoxy) is 1. The van der Waals surface area contributed by atoms with Crippen molar-refractivity contribution in [1.82, 2.24) is 4.90 Å². The van der Waals surface area contributed by atoms with Crippen LogP contribution in [0.1, 0.15) is 23.2 Å². The van der Waals surface area contributed by atoms with Crippen molar-refractivity contribution in [3.63, 3.8) is 0 Å². The minimum atomic E-state index is -0.0487. The van der Waals surface area contributed by atoms with Crippen LogP contribution in [0.2, 0.25) is 0 Å². The third-order valence-corrected chi connectivity index (χ3v) is 3.23. The molecule has 1 aliphatic heterocycles. The lowest BCUT2D eigenvalue weighted by atomic mass is 9.99. The van der Waals surface area contributed by atoms with Crippen molar-refractivity contribution in [1.29, 1.82) is 5.26 Å². The lowest BCUT2D eigenvalue weighted by Crippen LogP contribution is -2.39. The van der Waals surface area contributed by atoms with Crippen LogP contribution in [0.5, 0.6) is 5.75 Å². The SMILES string of the molecule is COc1ccccc1C(=O)N1CCCC(C#N)C1. The Morgan fingerprint density at radius 1 is 1.50 bits per heavy atom. The summed E-state index contributed by atoms with van der Waals surface area (Å²) in [6.45, 7) is 1.24. The Morgan fingerprint density at radius 2 is 2.28 bits per heavy atom. The minimum Gasteiger partial charge on any atom is -0.496 e. The fraction of sp³-hybridized carbons (Fsp3) is 0.429. The smallest absolute Gasteiger partial charge is 0.257 e. The van der Waals surface area contributed by atoms with Gasteiger partial charge in [0.2, 0.25) is 0 Å². The highest BCUT2D eigenvalue weighted by Gasteiger charge is 2.25. The number of benzene rings is 1. The third kappa shape index (κ3) is 2.45. The first-order valence-electron chi connectivity index (χ1n) is 6.08.